The number of nitrogens with zero attached hydrogens (tertiary/aromatic N) is 1. The largest absolute Gasteiger partial charge is 0.492 e. The van der Waals surface area contributed by atoms with E-state index in [0.29, 0.717) is 30.9 Å². The quantitative estimate of drug-likeness (QED) is 0.459. The van der Waals surface area contributed by atoms with Gasteiger partial charge in [0.2, 0.25) is 5.91 Å². The third-order valence-electron chi connectivity index (χ3n) is 2.52. The van der Waals surface area contributed by atoms with Crippen LogP contribution in [0.1, 0.15) is 25.3 Å². The molecule has 1 aromatic rings. The van der Waals surface area contributed by atoms with E-state index >= 15 is 0 Å². The lowest BCUT2D eigenvalue weighted by molar-refractivity contribution is -0.121. The summed E-state index contributed by atoms with van der Waals surface area (Å²) < 4.78 is 5.54. The second kappa shape index (κ2) is 7.32. The van der Waals surface area contributed by atoms with E-state index in [4.69, 9.17) is 9.94 Å². The molecule has 0 radical (unpaired) electrons. The van der Waals surface area contributed by atoms with E-state index < -0.39 is 0 Å². The van der Waals surface area contributed by atoms with Crippen LogP contribution in [0.4, 0.5) is 0 Å². The number of para-hydroxylation sites is 1. The Balaban J connectivity index is 2.74. The summed E-state index contributed by atoms with van der Waals surface area (Å²) in [6.45, 7) is 2.19. The molecule has 0 unspecified atom stereocenters. The highest BCUT2D eigenvalue weighted by atomic mass is 16.5. The molecule has 0 aliphatic heterocycles. The van der Waals surface area contributed by atoms with Gasteiger partial charge in [-0.2, -0.15) is 0 Å². The smallest absolute Gasteiger partial charge is 0.223 e. The summed E-state index contributed by atoms with van der Waals surface area (Å²) >= 11 is 0. The third-order valence-corrected chi connectivity index (χ3v) is 2.52. The normalized spacial score (nSPS) is 11.1. The Morgan fingerprint density at radius 3 is 2.78 bits per heavy atom. The predicted molar refractivity (Wildman–Crippen MR) is 69.2 cm³/mol. The fourth-order valence-corrected chi connectivity index (χ4v) is 1.52. The van der Waals surface area contributed by atoms with E-state index in [1.165, 1.54) is 0 Å². The monoisotopic (exact) mass is 250 g/mol. The lowest BCUT2D eigenvalue weighted by Crippen LogP contribution is -2.20. The Morgan fingerprint density at radius 2 is 2.17 bits per heavy atom. The van der Waals surface area contributed by atoms with Gasteiger partial charge in [-0.15, -0.1) is 0 Å². The first-order valence-electron chi connectivity index (χ1n) is 5.86. The van der Waals surface area contributed by atoms with Gasteiger partial charge in [-0.1, -0.05) is 24.2 Å². The van der Waals surface area contributed by atoms with Gasteiger partial charge in [-0.3, -0.25) is 4.79 Å². The first-order valence-corrected chi connectivity index (χ1v) is 5.86. The maximum absolute atomic E-state index is 11.1. The van der Waals surface area contributed by atoms with Gasteiger partial charge in [-0.25, -0.2) is 0 Å². The molecule has 0 saturated heterocycles. The third kappa shape index (κ3) is 3.76. The molecule has 1 amide bonds. The molecule has 0 spiro atoms. The van der Waals surface area contributed by atoms with Crippen molar-refractivity contribution in [3.63, 3.8) is 0 Å². The Labute approximate surface area is 106 Å². The molecule has 2 N–H and O–H groups in total. The minimum Gasteiger partial charge on any atom is -0.492 e. The van der Waals surface area contributed by atoms with Gasteiger partial charge in [0.05, 0.1) is 18.7 Å². The van der Waals surface area contributed by atoms with Crippen molar-refractivity contribution in [3.05, 3.63) is 29.8 Å². The maximum atomic E-state index is 11.1. The van der Waals surface area contributed by atoms with Gasteiger partial charge in [-0.05, 0) is 18.6 Å². The molecule has 0 aromatic heterocycles. The van der Waals surface area contributed by atoms with Gasteiger partial charge in [0.15, 0.2) is 0 Å². The highest BCUT2D eigenvalue weighted by Crippen LogP contribution is 2.20. The molecule has 18 heavy (non-hydrogen) atoms. The van der Waals surface area contributed by atoms with Gasteiger partial charge < -0.3 is 15.3 Å². The van der Waals surface area contributed by atoms with Crippen LogP contribution in [0.5, 0.6) is 5.75 Å². The molecule has 0 aliphatic carbocycles. The van der Waals surface area contributed by atoms with Crippen molar-refractivity contribution in [1.29, 1.82) is 0 Å². The molecule has 5 nitrogen and oxygen atoms in total. The molecule has 0 fully saturated rings. The van der Waals surface area contributed by atoms with Crippen LogP contribution < -0.4 is 10.1 Å². The molecule has 0 saturated carbocycles. The maximum Gasteiger partial charge on any atom is 0.223 e. The molecule has 1 rings (SSSR count). The highest BCUT2D eigenvalue weighted by molar-refractivity contribution is 6.02. The van der Waals surface area contributed by atoms with Crippen LogP contribution in [0.2, 0.25) is 0 Å². The van der Waals surface area contributed by atoms with Gasteiger partial charge >= 0.3 is 0 Å². The molecule has 0 aliphatic rings. The zero-order chi connectivity index (χ0) is 13.4. The Kier molecular flexibility index (Phi) is 5.70. The summed E-state index contributed by atoms with van der Waals surface area (Å²) in [5.74, 6) is 0.551. The van der Waals surface area contributed by atoms with Crippen molar-refractivity contribution < 1.29 is 14.7 Å². The van der Waals surface area contributed by atoms with Crippen LogP contribution in [0, 0.1) is 0 Å². The van der Waals surface area contributed by atoms with Gasteiger partial charge in [0, 0.05) is 12.6 Å². The number of carbonyl (C=O) groups excluding carboxylic acids is 1. The van der Waals surface area contributed by atoms with Crippen LogP contribution in [-0.2, 0) is 4.79 Å². The van der Waals surface area contributed by atoms with E-state index in [1.807, 2.05) is 25.1 Å². The number of carbonyl (C=O) groups is 1. The Hall–Kier alpha value is -2.04. The summed E-state index contributed by atoms with van der Waals surface area (Å²) in [5, 5.41) is 14.7. The lowest BCUT2D eigenvalue weighted by atomic mass is 10.1. The molecule has 0 heterocycles. The number of oxime groups is 1. The SMILES string of the molecule is CCC(=NO)c1ccccc1OCCC(=O)NC. The number of hydrogen-bond donors (Lipinski definition) is 2. The molecule has 1 aromatic carbocycles. The number of amides is 1. The first kappa shape index (κ1) is 14.0. The zero-order valence-electron chi connectivity index (χ0n) is 10.6. The summed E-state index contributed by atoms with van der Waals surface area (Å²) in [6, 6.07) is 7.30. The number of ether oxygens (including phenoxy) is 1. The molecular formula is C13H18N2O3. The van der Waals surface area contributed by atoms with Crippen LogP contribution in [0.25, 0.3) is 0 Å². The molecular weight excluding hydrogens is 232 g/mol. The summed E-state index contributed by atoms with van der Waals surface area (Å²) in [4.78, 5) is 11.1. The molecule has 0 atom stereocenters. The van der Waals surface area contributed by atoms with Crippen molar-refractivity contribution in [1.82, 2.24) is 5.32 Å². The van der Waals surface area contributed by atoms with Gasteiger partial charge in [0.25, 0.3) is 0 Å². The average Bonchev–Trinajstić information content (AvgIpc) is 2.41. The number of rotatable bonds is 6. The van der Waals surface area contributed by atoms with Crippen molar-refractivity contribution in [2.24, 2.45) is 5.16 Å². The van der Waals surface area contributed by atoms with E-state index in [9.17, 15) is 4.79 Å². The lowest BCUT2D eigenvalue weighted by Gasteiger charge is -2.11. The average molecular weight is 250 g/mol. The molecule has 98 valence electrons. The highest BCUT2D eigenvalue weighted by Gasteiger charge is 2.09. The van der Waals surface area contributed by atoms with E-state index in [2.05, 4.69) is 10.5 Å². The second-order valence-corrected chi connectivity index (χ2v) is 3.67. The standard InChI is InChI=1S/C13H18N2O3/c1-3-11(15-17)10-6-4-5-7-12(10)18-9-8-13(16)14-2/h4-7,17H,3,8-9H2,1-2H3,(H,14,16). The summed E-state index contributed by atoms with van der Waals surface area (Å²) in [6.07, 6.45) is 0.898. The van der Waals surface area contributed by atoms with E-state index in [-0.39, 0.29) is 5.91 Å². The second-order valence-electron chi connectivity index (χ2n) is 3.67. The van der Waals surface area contributed by atoms with E-state index in [0.717, 1.165) is 5.56 Å². The minimum atomic E-state index is -0.0704. The van der Waals surface area contributed by atoms with Crippen LogP contribution in [-0.4, -0.2) is 30.5 Å². The topological polar surface area (TPSA) is 70.9 Å². The van der Waals surface area contributed by atoms with Gasteiger partial charge in [0.1, 0.15) is 5.75 Å². The van der Waals surface area contributed by atoms with Crippen molar-refractivity contribution in [2.45, 2.75) is 19.8 Å². The Morgan fingerprint density at radius 1 is 1.44 bits per heavy atom. The van der Waals surface area contributed by atoms with Crippen LogP contribution in [0.3, 0.4) is 0 Å². The van der Waals surface area contributed by atoms with Crippen LogP contribution >= 0.6 is 0 Å². The van der Waals surface area contributed by atoms with Crippen molar-refractivity contribution in [2.75, 3.05) is 13.7 Å². The van der Waals surface area contributed by atoms with Crippen LogP contribution in [0.15, 0.2) is 29.4 Å². The summed E-state index contributed by atoms with van der Waals surface area (Å²) in [7, 11) is 1.59. The van der Waals surface area contributed by atoms with Crippen molar-refractivity contribution >= 4 is 11.6 Å². The fraction of sp³-hybridized carbons (Fsp3) is 0.385. The number of hydrogen-bond acceptors (Lipinski definition) is 4. The number of benzene rings is 1. The zero-order valence-corrected chi connectivity index (χ0v) is 10.6. The predicted octanol–water partition coefficient (Wildman–Crippen LogP) is 1.79. The van der Waals surface area contributed by atoms with Crippen molar-refractivity contribution in [3.8, 4) is 5.75 Å². The fourth-order valence-electron chi connectivity index (χ4n) is 1.52. The first-order chi connectivity index (χ1) is 8.72. The number of nitrogens with one attached hydrogen (secondary N) is 1. The summed E-state index contributed by atoms with van der Waals surface area (Å²) in [5.41, 5.74) is 1.31. The molecule has 5 heteroatoms. The minimum absolute atomic E-state index is 0.0704. The Bertz CT molecular complexity index is 430. The molecule has 0 bridgehead atoms. The van der Waals surface area contributed by atoms with E-state index in [1.54, 1.807) is 13.1 Å².